The van der Waals surface area contributed by atoms with Crippen molar-refractivity contribution < 1.29 is 9.53 Å². The van der Waals surface area contributed by atoms with E-state index in [0.717, 1.165) is 22.3 Å². The smallest absolute Gasteiger partial charge is 0.189 e. The van der Waals surface area contributed by atoms with Crippen LogP contribution in [0.25, 0.3) is 0 Å². The number of benzene rings is 2. The number of rotatable bonds is 5. The number of carbonyl (C=O) groups excluding carboxylic acids is 1. The predicted molar refractivity (Wildman–Crippen MR) is 86.1 cm³/mol. The molecule has 0 saturated heterocycles. The highest BCUT2D eigenvalue weighted by Gasteiger charge is 2.12. The van der Waals surface area contributed by atoms with E-state index in [2.05, 4.69) is 0 Å². The van der Waals surface area contributed by atoms with Crippen LogP contribution in [0, 0.1) is 20.8 Å². The van der Waals surface area contributed by atoms with Gasteiger partial charge in [-0.15, -0.1) is 0 Å². The van der Waals surface area contributed by atoms with Crippen LogP contribution in [0.5, 0.6) is 0 Å². The number of aryl methyl sites for hydroxylation is 3. The van der Waals surface area contributed by atoms with Crippen LogP contribution >= 0.6 is 11.6 Å². The van der Waals surface area contributed by atoms with E-state index in [9.17, 15) is 4.79 Å². The molecule has 0 saturated carbocycles. The van der Waals surface area contributed by atoms with Crippen LogP contribution < -0.4 is 0 Å². The monoisotopic (exact) mass is 302 g/mol. The Bertz CT molecular complexity index is 622. The Hall–Kier alpha value is -1.64. The van der Waals surface area contributed by atoms with Gasteiger partial charge in [-0.25, -0.2) is 0 Å². The van der Waals surface area contributed by atoms with Crippen molar-refractivity contribution in [1.29, 1.82) is 0 Å². The lowest BCUT2D eigenvalue weighted by atomic mass is 9.97. The largest absolute Gasteiger partial charge is 0.369 e. The quantitative estimate of drug-likeness (QED) is 0.751. The van der Waals surface area contributed by atoms with Crippen molar-refractivity contribution in [3.05, 3.63) is 69.2 Å². The SMILES string of the molecule is Cc1cc(C)c(C(=O)COCc2ccc(Cl)cc2)c(C)c1. The Morgan fingerprint density at radius 1 is 1.05 bits per heavy atom. The van der Waals surface area contributed by atoms with Crippen LogP contribution in [-0.2, 0) is 11.3 Å². The van der Waals surface area contributed by atoms with Crippen LogP contribution in [0.4, 0.5) is 0 Å². The molecule has 0 aliphatic carbocycles. The van der Waals surface area contributed by atoms with E-state index >= 15 is 0 Å². The topological polar surface area (TPSA) is 26.3 Å². The summed E-state index contributed by atoms with van der Waals surface area (Å²) in [7, 11) is 0. The van der Waals surface area contributed by atoms with Gasteiger partial charge in [-0.2, -0.15) is 0 Å². The minimum Gasteiger partial charge on any atom is -0.369 e. The van der Waals surface area contributed by atoms with Gasteiger partial charge in [0.05, 0.1) is 6.61 Å². The molecular formula is C18H19ClO2. The molecule has 2 aromatic carbocycles. The fraction of sp³-hybridized carbons (Fsp3) is 0.278. The maximum atomic E-state index is 12.3. The summed E-state index contributed by atoms with van der Waals surface area (Å²) in [5.41, 5.74) is 4.96. The van der Waals surface area contributed by atoms with Crippen molar-refractivity contribution in [3.8, 4) is 0 Å². The first kappa shape index (κ1) is 15.7. The summed E-state index contributed by atoms with van der Waals surface area (Å²) >= 11 is 5.83. The zero-order chi connectivity index (χ0) is 15.4. The Balaban J connectivity index is 1.98. The number of ether oxygens (including phenoxy) is 1. The van der Waals surface area contributed by atoms with E-state index < -0.39 is 0 Å². The molecule has 0 aliphatic rings. The lowest BCUT2D eigenvalue weighted by molar-refractivity contribution is 0.0725. The Kier molecular flexibility index (Phi) is 5.16. The first-order valence-electron chi connectivity index (χ1n) is 6.90. The van der Waals surface area contributed by atoms with Crippen LogP contribution in [0.2, 0.25) is 5.02 Å². The van der Waals surface area contributed by atoms with E-state index in [1.54, 1.807) is 0 Å². The Morgan fingerprint density at radius 3 is 2.19 bits per heavy atom. The highest BCUT2D eigenvalue weighted by Crippen LogP contribution is 2.17. The highest BCUT2D eigenvalue weighted by molar-refractivity contribution is 6.30. The summed E-state index contributed by atoms with van der Waals surface area (Å²) in [6, 6.07) is 11.5. The number of halogens is 1. The molecule has 0 atom stereocenters. The molecule has 0 spiro atoms. The van der Waals surface area contributed by atoms with Crippen LogP contribution in [0.1, 0.15) is 32.6 Å². The second-order valence-corrected chi connectivity index (χ2v) is 5.75. The van der Waals surface area contributed by atoms with Crippen molar-refractivity contribution in [1.82, 2.24) is 0 Å². The summed E-state index contributed by atoms with van der Waals surface area (Å²) < 4.78 is 5.52. The van der Waals surface area contributed by atoms with E-state index in [-0.39, 0.29) is 12.4 Å². The summed E-state index contributed by atoms with van der Waals surface area (Å²) in [4.78, 5) is 12.3. The van der Waals surface area contributed by atoms with Crippen molar-refractivity contribution >= 4 is 17.4 Å². The summed E-state index contributed by atoms with van der Waals surface area (Å²) in [5.74, 6) is 0.0268. The zero-order valence-electron chi connectivity index (χ0n) is 12.6. The van der Waals surface area contributed by atoms with E-state index in [4.69, 9.17) is 16.3 Å². The van der Waals surface area contributed by atoms with Crippen LogP contribution in [-0.4, -0.2) is 12.4 Å². The summed E-state index contributed by atoms with van der Waals surface area (Å²) in [6.07, 6.45) is 0. The summed E-state index contributed by atoms with van der Waals surface area (Å²) in [6.45, 7) is 6.46. The van der Waals surface area contributed by atoms with Gasteiger partial charge >= 0.3 is 0 Å². The molecule has 0 fully saturated rings. The lowest BCUT2D eigenvalue weighted by Gasteiger charge is -2.11. The standard InChI is InChI=1S/C18H19ClO2/c1-12-8-13(2)18(14(3)9-12)17(20)11-21-10-15-4-6-16(19)7-5-15/h4-9H,10-11H2,1-3H3. The molecule has 2 nitrogen and oxygen atoms in total. The lowest BCUT2D eigenvalue weighted by Crippen LogP contribution is -2.12. The zero-order valence-corrected chi connectivity index (χ0v) is 13.3. The molecule has 2 aromatic rings. The van der Waals surface area contributed by atoms with Crippen molar-refractivity contribution in [2.45, 2.75) is 27.4 Å². The van der Waals surface area contributed by atoms with Crippen molar-refractivity contribution in [2.75, 3.05) is 6.61 Å². The van der Waals surface area contributed by atoms with Crippen molar-refractivity contribution in [2.24, 2.45) is 0 Å². The number of carbonyl (C=O) groups is 1. The third-order valence-electron chi connectivity index (χ3n) is 3.37. The van der Waals surface area contributed by atoms with Gasteiger partial charge in [0.15, 0.2) is 5.78 Å². The molecule has 21 heavy (non-hydrogen) atoms. The highest BCUT2D eigenvalue weighted by atomic mass is 35.5. The Morgan fingerprint density at radius 2 is 1.62 bits per heavy atom. The summed E-state index contributed by atoms with van der Waals surface area (Å²) in [5, 5.41) is 0.695. The fourth-order valence-corrected chi connectivity index (χ4v) is 2.66. The van der Waals surface area contributed by atoms with E-state index in [0.29, 0.717) is 11.6 Å². The maximum Gasteiger partial charge on any atom is 0.189 e. The molecule has 0 N–H and O–H groups in total. The molecule has 0 radical (unpaired) electrons. The first-order valence-corrected chi connectivity index (χ1v) is 7.28. The molecule has 0 amide bonds. The second-order valence-electron chi connectivity index (χ2n) is 5.32. The second kappa shape index (κ2) is 6.88. The minimum atomic E-state index is 0.0268. The van der Waals surface area contributed by atoms with E-state index in [1.807, 2.05) is 57.2 Å². The van der Waals surface area contributed by atoms with E-state index in [1.165, 1.54) is 5.56 Å². The maximum absolute atomic E-state index is 12.3. The van der Waals surface area contributed by atoms with Crippen LogP contribution in [0.15, 0.2) is 36.4 Å². The van der Waals surface area contributed by atoms with Gasteiger partial charge in [0, 0.05) is 10.6 Å². The fourth-order valence-electron chi connectivity index (χ4n) is 2.53. The molecular weight excluding hydrogens is 284 g/mol. The van der Waals surface area contributed by atoms with Crippen LogP contribution in [0.3, 0.4) is 0 Å². The molecule has 0 heterocycles. The Labute approximate surface area is 130 Å². The first-order chi connectivity index (χ1) is 9.97. The van der Waals surface area contributed by atoms with Gasteiger partial charge in [-0.1, -0.05) is 41.4 Å². The van der Waals surface area contributed by atoms with Gasteiger partial charge in [-0.3, -0.25) is 4.79 Å². The van der Waals surface area contributed by atoms with Gasteiger partial charge in [0.2, 0.25) is 0 Å². The molecule has 0 aromatic heterocycles. The molecule has 0 bridgehead atoms. The molecule has 0 aliphatic heterocycles. The molecule has 0 unspecified atom stereocenters. The third kappa shape index (κ3) is 4.16. The molecule has 3 heteroatoms. The average Bonchev–Trinajstić information content (AvgIpc) is 2.40. The third-order valence-corrected chi connectivity index (χ3v) is 3.62. The van der Waals surface area contributed by atoms with Gasteiger partial charge in [-0.05, 0) is 49.6 Å². The van der Waals surface area contributed by atoms with Crippen molar-refractivity contribution in [3.63, 3.8) is 0 Å². The van der Waals surface area contributed by atoms with Gasteiger partial charge in [0.1, 0.15) is 6.61 Å². The molecule has 110 valence electrons. The number of hydrogen-bond acceptors (Lipinski definition) is 2. The van der Waals surface area contributed by atoms with Gasteiger partial charge in [0.25, 0.3) is 0 Å². The van der Waals surface area contributed by atoms with Gasteiger partial charge < -0.3 is 4.74 Å². The normalized spacial score (nSPS) is 10.7. The number of Topliss-reactive ketones (excluding diaryl/α,β-unsaturated/α-hetero) is 1. The minimum absolute atomic E-state index is 0.0268. The number of ketones is 1. The number of hydrogen-bond donors (Lipinski definition) is 0. The predicted octanol–water partition coefficient (Wildman–Crippen LogP) is 4.66. The molecule has 2 rings (SSSR count). The average molecular weight is 303 g/mol.